The number of carbonyl (C=O) groups is 1. The Kier molecular flexibility index (Phi) is 4.45. The summed E-state index contributed by atoms with van der Waals surface area (Å²) >= 11 is 2.12. The third-order valence-corrected chi connectivity index (χ3v) is 3.98. The molecule has 0 aromatic heterocycles. The summed E-state index contributed by atoms with van der Waals surface area (Å²) in [5.74, 6) is -0.174. The molecule has 2 rings (SSSR count). The number of rotatable bonds is 2. The summed E-state index contributed by atoms with van der Waals surface area (Å²) in [6, 6.07) is 5.46. The Morgan fingerprint density at radius 3 is 2.67 bits per heavy atom. The van der Waals surface area contributed by atoms with Gasteiger partial charge in [-0.05, 0) is 66.5 Å². The molecule has 0 atom stereocenters. The maximum absolute atomic E-state index is 12.1. The van der Waals surface area contributed by atoms with Gasteiger partial charge in [0.15, 0.2) is 0 Å². The van der Waals surface area contributed by atoms with Crippen molar-refractivity contribution in [1.82, 2.24) is 5.32 Å². The molecule has 1 aromatic carbocycles. The van der Waals surface area contributed by atoms with Crippen LogP contribution in [0.4, 0.5) is 0 Å². The number of hydrogen-bond donors (Lipinski definition) is 3. The Bertz CT molecular complexity index is 443. The molecule has 5 heteroatoms. The minimum Gasteiger partial charge on any atom is -0.507 e. The maximum Gasteiger partial charge on any atom is 0.255 e. The molecule has 1 fully saturated rings. The fourth-order valence-electron chi connectivity index (χ4n) is 2.22. The summed E-state index contributed by atoms with van der Waals surface area (Å²) in [6.07, 6.45) is 3.72. The van der Waals surface area contributed by atoms with Crippen LogP contribution >= 0.6 is 22.6 Å². The Balaban J connectivity index is 2.01. The van der Waals surface area contributed by atoms with E-state index in [-0.39, 0.29) is 23.7 Å². The second-order valence-corrected chi connectivity index (χ2v) is 5.99. The second kappa shape index (κ2) is 5.88. The number of hydrogen-bond acceptors (Lipinski definition) is 3. The highest BCUT2D eigenvalue weighted by molar-refractivity contribution is 14.1. The van der Waals surface area contributed by atoms with E-state index in [4.69, 9.17) is 5.73 Å². The Morgan fingerprint density at radius 2 is 2.00 bits per heavy atom. The molecular weight excluding hydrogens is 343 g/mol. The van der Waals surface area contributed by atoms with Crippen LogP contribution in [0.15, 0.2) is 18.2 Å². The highest BCUT2D eigenvalue weighted by Gasteiger charge is 2.21. The van der Waals surface area contributed by atoms with Crippen LogP contribution in [0.2, 0.25) is 0 Å². The van der Waals surface area contributed by atoms with Crippen molar-refractivity contribution in [1.29, 1.82) is 0 Å². The highest BCUT2D eigenvalue weighted by Crippen LogP contribution is 2.21. The molecule has 1 amide bonds. The average molecular weight is 360 g/mol. The lowest BCUT2D eigenvalue weighted by atomic mass is 9.91. The second-order valence-electron chi connectivity index (χ2n) is 4.75. The van der Waals surface area contributed by atoms with Gasteiger partial charge in [-0.2, -0.15) is 0 Å². The molecule has 18 heavy (non-hydrogen) atoms. The van der Waals surface area contributed by atoms with Crippen LogP contribution in [0, 0.1) is 3.57 Å². The first kappa shape index (κ1) is 13.6. The predicted octanol–water partition coefficient (Wildman–Crippen LogP) is 2.00. The standard InChI is InChI=1S/C13H17IN2O2/c14-8-1-6-12(17)11(7-8)13(18)16-10-4-2-9(15)3-5-10/h1,6-7,9-10,17H,2-5,15H2,(H,16,18). The van der Waals surface area contributed by atoms with Crippen molar-refractivity contribution >= 4 is 28.5 Å². The van der Waals surface area contributed by atoms with E-state index in [0.29, 0.717) is 5.56 Å². The van der Waals surface area contributed by atoms with E-state index in [0.717, 1.165) is 29.3 Å². The van der Waals surface area contributed by atoms with Crippen molar-refractivity contribution in [3.8, 4) is 5.75 Å². The number of benzene rings is 1. The van der Waals surface area contributed by atoms with Gasteiger partial charge in [-0.1, -0.05) is 0 Å². The lowest BCUT2D eigenvalue weighted by Gasteiger charge is -2.26. The molecule has 4 N–H and O–H groups in total. The Hall–Kier alpha value is -0.820. The average Bonchev–Trinajstić information content (AvgIpc) is 2.35. The molecule has 0 spiro atoms. The van der Waals surface area contributed by atoms with Gasteiger partial charge in [0, 0.05) is 15.7 Å². The number of phenols is 1. The molecule has 0 radical (unpaired) electrons. The van der Waals surface area contributed by atoms with Gasteiger partial charge in [-0.3, -0.25) is 4.79 Å². The van der Waals surface area contributed by atoms with Crippen LogP contribution in [0.3, 0.4) is 0 Å². The maximum atomic E-state index is 12.1. The van der Waals surface area contributed by atoms with E-state index < -0.39 is 0 Å². The van der Waals surface area contributed by atoms with Gasteiger partial charge < -0.3 is 16.2 Å². The SMILES string of the molecule is NC1CCC(NC(=O)c2cc(I)ccc2O)CC1. The van der Waals surface area contributed by atoms with Crippen molar-refractivity contribution in [3.05, 3.63) is 27.3 Å². The normalized spacial score (nSPS) is 23.7. The third kappa shape index (κ3) is 3.35. The van der Waals surface area contributed by atoms with Crippen molar-refractivity contribution in [2.75, 3.05) is 0 Å². The molecular formula is C13H17IN2O2. The molecule has 1 aliphatic carbocycles. The van der Waals surface area contributed by atoms with Gasteiger partial charge in [0.2, 0.25) is 0 Å². The highest BCUT2D eigenvalue weighted by atomic mass is 127. The molecule has 0 heterocycles. The quantitative estimate of drug-likeness (QED) is 0.707. The van der Waals surface area contributed by atoms with Gasteiger partial charge in [0.1, 0.15) is 5.75 Å². The molecule has 0 aliphatic heterocycles. The van der Waals surface area contributed by atoms with Crippen molar-refractivity contribution in [2.45, 2.75) is 37.8 Å². The van der Waals surface area contributed by atoms with Crippen molar-refractivity contribution in [3.63, 3.8) is 0 Å². The molecule has 1 saturated carbocycles. The van der Waals surface area contributed by atoms with Crippen LogP contribution in [0.5, 0.6) is 5.75 Å². The number of nitrogens with two attached hydrogens (primary N) is 1. The van der Waals surface area contributed by atoms with Gasteiger partial charge >= 0.3 is 0 Å². The minimum absolute atomic E-state index is 0.0282. The summed E-state index contributed by atoms with van der Waals surface area (Å²) in [4.78, 5) is 12.1. The molecule has 1 aromatic rings. The van der Waals surface area contributed by atoms with Crippen LogP contribution < -0.4 is 11.1 Å². The zero-order valence-electron chi connectivity index (χ0n) is 10.0. The first-order valence-corrected chi connectivity index (χ1v) is 7.19. The lowest BCUT2D eigenvalue weighted by molar-refractivity contribution is 0.0923. The first-order valence-electron chi connectivity index (χ1n) is 6.11. The van der Waals surface area contributed by atoms with E-state index in [1.165, 1.54) is 0 Å². The van der Waals surface area contributed by atoms with E-state index in [1.54, 1.807) is 18.2 Å². The van der Waals surface area contributed by atoms with E-state index >= 15 is 0 Å². The fraction of sp³-hybridized carbons (Fsp3) is 0.462. The van der Waals surface area contributed by atoms with Crippen molar-refractivity contribution in [2.24, 2.45) is 5.73 Å². The topological polar surface area (TPSA) is 75.3 Å². The zero-order valence-corrected chi connectivity index (χ0v) is 12.2. The largest absolute Gasteiger partial charge is 0.507 e. The van der Waals surface area contributed by atoms with E-state index in [9.17, 15) is 9.90 Å². The van der Waals surface area contributed by atoms with E-state index in [2.05, 4.69) is 27.9 Å². The number of carbonyl (C=O) groups excluding carboxylic acids is 1. The van der Waals surface area contributed by atoms with Gasteiger partial charge in [0.05, 0.1) is 5.56 Å². The molecule has 4 nitrogen and oxygen atoms in total. The molecule has 0 bridgehead atoms. The minimum atomic E-state index is -0.202. The first-order chi connectivity index (χ1) is 8.56. The van der Waals surface area contributed by atoms with Crippen LogP contribution in [0.1, 0.15) is 36.0 Å². The number of aromatic hydroxyl groups is 1. The number of nitrogens with one attached hydrogen (secondary N) is 1. The molecule has 98 valence electrons. The monoisotopic (exact) mass is 360 g/mol. The van der Waals surface area contributed by atoms with Gasteiger partial charge in [-0.25, -0.2) is 0 Å². The smallest absolute Gasteiger partial charge is 0.255 e. The molecule has 0 saturated heterocycles. The van der Waals surface area contributed by atoms with Crippen LogP contribution in [-0.2, 0) is 0 Å². The Morgan fingerprint density at radius 1 is 1.33 bits per heavy atom. The lowest BCUT2D eigenvalue weighted by Crippen LogP contribution is -2.40. The summed E-state index contributed by atoms with van der Waals surface area (Å²) in [5.41, 5.74) is 6.17. The zero-order chi connectivity index (χ0) is 13.1. The fourth-order valence-corrected chi connectivity index (χ4v) is 2.71. The summed E-state index contributed by atoms with van der Waals surface area (Å²) in [5, 5.41) is 12.7. The van der Waals surface area contributed by atoms with Gasteiger partial charge in [0.25, 0.3) is 5.91 Å². The van der Waals surface area contributed by atoms with Crippen LogP contribution in [0.25, 0.3) is 0 Å². The third-order valence-electron chi connectivity index (χ3n) is 3.31. The van der Waals surface area contributed by atoms with Crippen LogP contribution in [-0.4, -0.2) is 23.1 Å². The number of phenolic OH excluding ortho intramolecular Hbond substituents is 1. The van der Waals surface area contributed by atoms with Crippen molar-refractivity contribution < 1.29 is 9.90 Å². The summed E-state index contributed by atoms with van der Waals surface area (Å²) in [6.45, 7) is 0. The van der Waals surface area contributed by atoms with Gasteiger partial charge in [-0.15, -0.1) is 0 Å². The predicted molar refractivity (Wildman–Crippen MR) is 78.5 cm³/mol. The molecule has 1 aliphatic rings. The summed E-state index contributed by atoms with van der Waals surface area (Å²) < 4.78 is 0.932. The summed E-state index contributed by atoms with van der Waals surface area (Å²) in [7, 11) is 0. The Labute approximate surface area is 120 Å². The number of amides is 1. The molecule has 0 unspecified atom stereocenters. The van der Waals surface area contributed by atoms with E-state index in [1.807, 2.05) is 0 Å². The number of halogens is 1.